The summed E-state index contributed by atoms with van der Waals surface area (Å²) in [4.78, 5) is 4.59. The highest BCUT2D eigenvalue weighted by Crippen LogP contribution is 2.32. The van der Waals surface area contributed by atoms with Gasteiger partial charge in [0.25, 0.3) is 0 Å². The van der Waals surface area contributed by atoms with E-state index in [1.165, 1.54) is 5.56 Å². The zero-order valence-corrected chi connectivity index (χ0v) is 13.5. The highest BCUT2D eigenvalue weighted by Gasteiger charge is 2.12. The Morgan fingerprint density at radius 2 is 2.18 bits per heavy atom. The third-order valence-electron chi connectivity index (χ3n) is 3.25. The van der Waals surface area contributed by atoms with Crippen LogP contribution in [0.5, 0.6) is 11.5 Å². The van der Waals surface area contributed by atoms with Crippen LogP contribution in [0, 0.1) is 0 Å². The molecular weight excluding hydrogens is 282 g/mol. The molecule has 0 spiro atoms. The molecule has 1 aromatic carbocycles. The summed E-state index contributed by atoms with van der Waals surface area (Å²) in [6.45, 7) is 6.60. The van der Waals surface area contributed by atoms with Crippen LogP contribution in [0.15, 0.2) is 23.2 Å². The van der Waals surface area contributed by atoms with Crippen LogP contribution in [0.2, 0.25) is 0 Å². The second-order valence-electron chi connectivity index (χ2n) is 5.20. The van der Waals surface area contributed by atoms with Gasteiger partial charge in [-0.1, -0.05) is 6.07 Å². The van der Waals surface area contributed by atoms with E-state index >= 15 is 0 Å². The fourth-order valence-corrected chi connectivity index (χ4v) is 2.24. The van der Waals surface area contributed by atoms with Crippen molar-refractivity contribution in [2.75, 3.05) is 33.6 Å². The lowest BCUT2D eigenvalue weighted by atomic mass is 10.1. The summed E-state index contributed by atoms with van der Waals surface area (Å²) in [5, 5.41) is 6.55. The van der Waals surface area contributed by atoms with Crippen molar-refractivity contribution in [1.82, 2.24) is 10.6 Å². The van der Waals surface area contributed by atoms with E-state index in [2.05, 4.69) is 35.5 Å². The van der Waals surface area contributed by atoms with Crippen molar-refractivity contribution in [3.63, 3.8) is 0 Å². The van der Waals surface area contributed by atoms with Gasteiger partial charge < -0.3 is 24.8 Å². The fraction of sp³-hybridized carbons (Fsp3) is 0.562. The molecule has 1 unspecified atom stereocenters. The molecule has 0 fully saturated rings. The van der Waals surface area contributed by atoms with E-state index in [1.54, 1.807) is 7.11 Å². The van der Waals surface area contributed by atoms with E-state index in [1.807, 2.05) is 12.1 Å². The van der Waals surface area contributed by atoms with Crippen molar-refractivity contribution in [1.29, 1.82) is 0 Å². The van der Waals surface area contributed by atoms with Gasteiger partial charge in [-0.2, -0.15) is 0 Å². The number of hydrogen-bond donors (Lipinski definition) is 2. The smallest absolute Gasteiger partial charge is 0.231 e. The monoisotopic (exact) mass is 307 g/mol. The van der Waals surface area contributed by atoms with Gasteiger partial charge in [-0.05, 0) is 38.0 Å². The highest BCUT2D eigenvalue weighted by atomic mass is 16.7. The molecule has 2 rings (SSSR count). The molecule has 1 aliphatic rings. The maximum Gasteiger partial charge on any atom is 0.231 e. The average Bonchev–Trinajstić information content (AvgIpc) is 2.95. The summed E-state index contributed by atoms with van der Waals surface area (Å²) in [5.74, 6) is 2.45. The van der Waals surface area contributed by atoms with E-state index in [4.69, 9.17) is 14.2 Å². The number of fused-ring (bicyclic) bond motifs is 1. The number of rotatable bonds is 7. The summed E-state index contributed by atoms with van der Waals surface area (Å²) in [6, 6.07) is 6.24. The normalized spacial score (nSPS) is 14.8. The van der Waals surface area contributed by atoms with Gasteiger partial charge >= 0.3 is 0 Å². The standard InChI is InChI=1S/C16H25N3O3/c1-4-17-16(19-12(2)10-20-3)18-8-7-13-5-6-14-15(9-13)22-11-21-14/h5-6,9,12H,4,7-8,10-11H2,1-3H3,(H2,17,18,19). The maximum atomic E-state index is 5.39. The minimum absolute atomic E-state index is 0.216. The van der Waals surface area contributed by atoms with E-state index in [9.17, 15) is 0 Å². The predicted molar refractivity (Wildman–Crippen MR) is 86.7 cm³/mol. The first-order valence-corrected chi connectivity index (χ1v) is 7.65. The van der Waals surface area contributed by atoms with Crippen molar-refractivity contribution in [2.45, 2.75) is 26.3 Å². The summed E-state index contributed by atoms with van der Waals surface area (Å²) in [5.41, 5.74) is 1.19. The van der Waals surface area contributed by atoms with E-state index in [0.29, 0.717) is 19.9 Å². The molecule has 22 heavy (non-hydrogen) atoms. The quantitative estimate of drug-likeness (QED) is 0.591. The SMILES string of the molecule is CCNC(=NCCc1ccc2c(c1)OCO2)NC(C)COC. The number of benzene rings is 1. The number of ether oxygens (including phenoxy) is 3. The Labute approximate surface area is 131 Å². The molecule has 1 atom stereocenters. The molecule has 122 valence electrons. The summed E-state index contributed by atoms with van der Waals surface area (Å²) in [6.07, 6.45) is 0.853. The third kappa shape index (κ3) is 4.80. The lowest BCUT2D eigenvalue weighted by Crippen LogP contribution is -2.44. The molecule has 0 amide bonds. The van der Waals surface area contributed by atoms with Gasteiger partial charge in [-0.15, -0.1) is 0 Å². The molecular formula is C16H25N3O3. The fourth-order valence-electron chi connectivity index (χ4n) is 2.24. The first-order valence-electron chi connectivity index (χ1n) is 7.65. The Balaban J connectivity index is 1.87. The molecule has 6 heteroatoms. The van der Waals surface area contributed by atoms with Crippen molar-refractivity contribution in [3.05, 3.63) is 23.8 Å². The van der Waals surface area contributed by atoms with Crippen LogP contribution in [0.3, 0.4) is 0 Å². The molecule has 0 bridgehead atoms. The molecule has 0 aliphatic carbocycles. The molecule has 1 aromatic rings. The minimum atomic E-state index is 0.216. The third-order valence-corrected chi connectivity index (χ3v) is 3.25. The molecule has 1 aliphatic heterocycles. The number of nitrogens with zero attached hydrogens (tertiary/aromatic N) is 1. The average molecular weight is 307 g/mol. The van der Waals surface area contributed by atoms with Crippen LogP contribution in [0.1, 0.15) is 19.4 Å². The minimum Gasteiger partial charge on any atom is -0.454 e. The van der Waals surface area contributed by atoms with E-state index in [0.717, 1.165) is 30.4 Å². The van der Waals surface area contributed by atoms with Crippen molar-refractivity contribution in [3.8, 4) is 11.5 Å². The van der Waals surface area contributed by atoms with Gasteiger partial charge in [-0.25, -0.2) is 0 Å². The predicted octanol–water partition coefficient (Wildman–Crippen LogP) is 1.55. The molecule has 1 heterocycles. The topological polar surface area (TPSA) is 64.1 Å². The van der Waals surface area contributed by atoms with Crippen LogP contribution >= 0.6 is 0 Å². The zero-order valence-electron chi connectivity index (χ0n) is 13.5. The van der Waals surface area contributed by atoms with E-state index in [-0.39, 0.29) is 6.04 Å². The molecule has 6 nitrogen and oxygen atoms in total. The van der Waals surface area contributed by atoms with Gasteiger partial charge in [0.2, 0.25) is 6.79 Å². The van der Waals surface area contributed by atoms with Crippen molar-refractivity contribution < 1.29 is 14.2 Å². The van der Waals surface area contributed by atoms with Crippen molar-refractivity contribution >= 4 is 5.96 Å². The first-order chi connectivity index (χ1) is 10.7. The largest absolute Gasteiger partial charge is 0.454 e. The maximum absolute atomic E-state index is 5.39. The molecule has 0 saturated heterocycles. The lowest BCUT2D eigenvalue weighted by molar-refractivity contribution is 0.174. The van der Waals surface area contributed by atoms with Gasteiger partial charge in [0.05, 0.1) is 6.61 Å². The number of hydrogen-bond acceptors (Lipinski definition) is 4. The van der Waals surface area contributed by atoms with Gasteiger partial charge in [0.1, 0.15) is 0 Å². The number of aliphatic imine (C=N–C) groups is 1. The molecule has 0 saturated carbocycles. The van der Waals surface area contributed by atoms with Crippen LogP contribution in [0.4, 0.5) is 0 Å². The van der Waals surface area contributed by atoms with Crippen LogP contribution in [-0.4, -0.2) is 45.6 Å². The summed E-state index contributed by atoms with van der Waals surface area (Å²) >= 11 is 0. The number of methoxy groups -OCH3 is 1. The second-order valence-corrected chi connectivity index (χ2v) is 5.20. The molecule has 2 N–H and O–H groups in total. The second kappa shape index (κ2) is 8.48. The molecule has 0 aromatic heterocycles. The number of nitrogens with one attached hydrogen (secondary N) is 2. The Hall–Kier alpha value is -1.95. The Morgan fingerprint density at radius 1 is 1.36 bits per heavy atom. The van der Waals surface area contributed by atoms with Crippen LogP contribution in [0.25, 0.3) is 0 Å². The summed E-state index contributed by atoms with van der Waals surface area (Å²) in [7, 11) is 1.70. The Kier molecular flexibility index (Phi) is 6.33. The first kappa shape index (κ1) is 16.4. The zero-order chi connectivity index (χ0) is 15.8. The van der Waals surface area contributed by atoms with Crippen LogP contribution < -0.4 is 20.1 Å². The van der Waals surface area contributed by atoms with Gasteiger partial charge in [-0.3, -0.25) is 4.99 Å². The molecule has 0 radical (unpaired) electrons. The van der Waals surface area contributed by atoms with Gasteiger partial charge in [0.15, 0.2) is 17.5 Å². The summed E-state index contributed by atoms with van der Waals surface area (Å²) < 4.78 is 15.8. The lowest BCUT2D eigenvalue weighted by Gasteiger charge is -2.16. The Morgan fingerprint density at radius 3 is 2.95 bits per heavy atom. The Bertz CT molecular complexity index is 505. The number of guanidine groups is 1. The van der Waals surface area contributed by atoms with Crippen molar-refractivity contribution in [2.24, 2.45) is 4.99 Å². The van der Waals surface area contributed by atoms with Gasteiger partial charge in [0, 0.05) is 26.2 Å². The van der Waals surface area contributed by atoms with Crippen LogP contribution in [-0.2, 0) is 11.2 Å². The van der Waals surface area contributed by atoms with E-state index < -0.39 is 0 Å². The highest BCUT2D eigenvalue weighted by molar-refractivity contribution is 5.80.